The van der Waals surface area contributed by atoms with Crippen LogP contribution in [0.2, 0.25) is 0 Å². The summed E-state index contributed by atoms with van der Waals surface area (Å²) in [5.74, 6) is 0.0590. The van der Waals surface area contributed by atoms with E-state index in [0.29, 0.717) is 6.61 Å². The summed E-state index contributed by atoms with van der Waals surface area (Å²) in [7, 11) is 0. The lowest BCUT2D eigenvalue weighted by Crippen LogP contribution is -2.39. The average Bonchev–Trinajstić information content (AvgIpc) is 2.88. The van der Waals surface area contributed by atoms with Crippen molar-refractivity contribution in [2.24, 2.45) is 0 Å². The molecular weight excluding hydrogens is 250 g/mol. The number of unbranched alkanes of at least 4 members (excludes halogenated alkanes) is 1. The summed E-state index contributed by atoms with van der Waals surface area (Å²) in [5.41, 5.74) is 2.64. The van der Waals surface area contributed by atoms with Crippen LogP contribution in [0.15, 0.2) is 41.5 Å². The van der Waals surface area contributed by atoms with E-state index in [1.54, 1.807) is 0 Å². The summed E-state index contributed by atoms with van der Waals surface area (Å²) in [4.78, 5) is 12.4. The zero-order valence-electron chi connectivity index (χ0n) is 11.9. The van der Waals surface area contributed by atoms with Crippen molar-refractivity contribution in [1.82, 2.24) is 5.32 Å². The van der Waals surface area contributed by atoms with E-state index in [0.717, 1.165) is 43.4 Å². The molecule has 106 valence electrons. The van der Waals surface area contributed by atoms with E-state index < -0.39 is 5.60 Å². The molecule has 0 saturated carbocycles. The summed E-state index contributed by atoms with van der Waals surface area (Å²) in [6, 6.07) is 10.2. The predicted octanol–water partition coefficient (Wildman–Crippen LogP) is 2.92. The van der Waals surface area contributed by atoms with E-state index in [9.17, 15) is 4.79 Å². The van der Waals surface area contributed by atoms with Crippen LogP contribution in [0.5, 0.6) is 0 Å². The molecule has 3 heteroatoms. The molecule has 1 aromatic rings. The standard InChI is InChI=1S/C17H21NO2/c1-2-3-10-17(14-7-5-4-6-8-14)15-13(12-20-17)9-11-18-16(15)19/h4-8H,2-3,9-12H2,1H3,(H,18,19). The second kappa shape index (κ2) is 5.41. The van der Waals surface area contributed by atoms with Crippen LogP contribution >= 0.6 is 0 Å². The molecule has 0 radical (unpaired) electrons. The van der Waals surface area contributed by atoms with E-state index in [2.05, 4.69) is 24.4 Å². The molecule has 3 nitrogen and oxygen atoms in total. The largest absolute Gasteiger partial charge is 0.361 e. The SMILES string of the molecule is CCCCC1(c2ccccc2)OCC2=C1C(=O)NCC2. The van der Waals surface area contributed by atoms with Crippen LogP contribution in [-0.2, 0) is 15.1 Å². The molecule has 20 heavy (non-hydrogen) atoms. The van der Waals surface area contributed by atoms with Crippen LogP contribution < -0.4 is 5.32 Å². The molecule has 3 rings (SSSR count). The molecule has 0 spiro atoms. The first-order chi connectivity index (χ1) is 9.78. The topological polar surface area (TPSA) is 38.3 Å². The zero-order valence-corrected chi connectivity index (χ0v) is 11.9. The number of amides is 1. The van der Waals surface area contributed by atoms with Gasteiger partial charge in [-0.05, 0) is 24.0 Å². The van der Waals surface area contributed by atoms with Gasteiger partial charge in [0.15, 0.2) is 0 Å². The smallest absolute Gasteiger partial charge is 0.250 e. The molecule has 1 aromatic carbocycles. The Labute approximate surface area is 120 Å². The van der Waals surface area contributed by atoms with E-state index in [1.165, 1.54) is 5.57 Å². The van der Waals surface area contributed by atoms with Crippen LogP contribution in [0.4, 0.5) is 0 Å². The molecule has 0 saturated heterocycles. The van der Waals surface area contributed by atoms with Gasteiger partial charge in [0.1, 0.15) is 5.60 Å². The lowest BCUT2D eigenvalue weighted by Gasteiger charge is -2.33. The summed E-state index contributed by atoms with van der Waals surface area (Å²) < 4.78 is 6.21. The highest BCUT2D eigenvalue weighted by Crippen LogP contribution is 2.46. The normalized spacial score (nSPS) is 25.6. The second-order valence-corrected chi connectivity index (χ2v) is 5.57. The number of benzene rings is 1. The van der Waals surface area contributed by atoms with Gasteiger partial charge < -0.3 is 10.1 Å². The Hall–Kier alpha value is -1.61. The highest BCUT2D eigenvalue weighted by atomic mass is 16.5. The summed E-state index contributed by atoms with van der Waals surface area (Å²) in [5, 5.41) is 2.98. The molecule has 0 aromatic heterocycles. The van der Waals surface area contributed by atoms with Crippen LogP contribution in [-0.4, -0.2) is 19.1 Å². The van der Waals surface area contributed by atoms with Gasteiger partial charge in [0.25, 0.3) is 5.91 Å². The minimum Gasteiger partial charge on any atom is -0.361 e. The van der Waals surface area contributed by atoms with E-state index in [-0.39, 0.29) is 5.91 Å². The van der Waals surface area contributed by atoms with Gasteiger partial charge in [-0.3, -0.25) is 4.79 Å². The van der Waals surface area contributed by atoms with Crippen LogP contribution in [0.25, 0.3) is 0 Å². The molecule has 1 unspecified atom stereocenters. The number of ether oxygens (including phenoxy) is 1. The van der Waals surface area contributed by atoms with Crippen LogP contribution in [0.3, 0.4) is 0 Å². The number of hydrogen-bond donors (Lipinski definition) is 1. The molecule has 2 aliphatic rings. The molecule has 0 bridgehead atoms. The fraction of sp³-hybridized carbons (Fsp3) is 0.471. The van der Waals surface area contributed by atoms with Gasteiger partial charge in [0, 0.05) is 6.54 Å². The fourth-order valence-electron chi connectivity index (χ4n) is 3.30. The highest BCUT2D eigenvalue weighted by molar-refractivity contribution is 5.98. The molecule has 0 aliphatic carbocycles. The van der Waals surface area contributed by atoms with Crippen molar-refractivity contribution in [3.05, 3.63) is 47.0 Å². The number of nitrogens with one attached hydrogen (secondary N) is 1. The molecule has 0 fully saturated rings. The van der Waals surface area contributed by atoms with Gasteiger partial charge in [0.2, 0.25) is 0 Å². The van der Waals surface area contributed by atoms with Crippen molar-refractivity contribution < 1.29 is 9.53 Å². The fourth-order valence-corrected chi connectivity index (χ4v) is 3.30. The summed E-state index contributed by atoms with van der Waals surface area (Å²) in [6.07, 6.45) is 3.95. The first kappa shape index (κ1) is 13.4. The van der Waals surface area contributed by atoms with E-state index in [4.69, 9.17) is 4.74 Å². The third-order valence-corrected chi connectivity index (χ3v) is 4.31. The maximum atomic E-state index is 12.4. The predicted molar refractivity (Wildman–Crippen MR) is 78.2 cm³/mol. The lowest BCUT2D eigenvalue weighted by atomic mass is 9.79. The van der Waals surface area contributed by atoms with Crippen LogP contribution in [0.1, 0.15) is 38.2 Å². The van der Waals surface area contributed by atoms with Crippen molar-refractivity contribution in [2.75, 3.05) is 13.2 Å². The first-order valence-corrected chi connectivity index (χ1v) is 7.48. The van der Waals surface area contributed by atoms with Crippen molar-refractivity contribution in [3.63, 3.8) is 0 Å². The van der Waals surface area contributed by atoms with Gasteiger partial charge in [-0.1, -0.05) is 50.1 Å². The molecule has 1 atom stereocenters. The number of rotatable bonds is 4. The van der Waals surface area contributed by atoms with Crippen LogP contribution in [0, 0.1) is 0 Å². The highest BCUT2D eigenvalue weighted by Gasteiger charge is 2.47. The second-order valence-electron chi connectivity index (χ2n) is 5.57. The van der Waals surface area contributed by atoms with Crippen molar-refractivity contribution >= 4 is 5.91 Å². The molecular formula is C17H21NO2. The Morgan fingerprint density at radius 2 is 2.10 bits per heavy atom. The minimum atomic E-state index is -0.531. The van der Waals surface area contributed by atoms with Gasteiger partial charge in [-0.25, -0.2) is 0 Å². The molecule has 2 aliphatic heterocycles. The third kappa shape index (κ3) is 2.06. The number of hydrogen-bond acceptors (Lipinski definition) is 2. The van der Waals surface area contributed by atoms with Gasteiger partial charge >= 0.3 is 0 Å². The number of carbonyl (C=O) groups excluding carboxylic acids is 1. The van der Waals surface area contributed by atoms with Gasteiger partial charge in [0.05, 0.1) is 12.2 Å². The Balaban J connectivity index is 2.07. The van der Waals surface area contributed by atoms with Crippen molar-refractivity contribution in [3.8, 4) is 0 Å². The van der Waals surface area contributed by atoms with E-state index in [1.807, 2.05) is 18.2 Å². The zero-order chi connectivity index (χ0) is 14.0. The Kier molecular flexibility index (Phi) is 3.62. The average molecular weight is 271 g/mol. The Morgan fingerprint density at radius 3 is 2.85 bits per heavy atom. The number of carbonyl (C=O) groups is 1. The molecule has 1 N–H and O–H groups in total. The minimum absolute atomic E-state index is 0.0590. The third-order valence-electron chi connectivity index (χ3n) is 4.31. The quantitative estimate of drug-likeness (QED) is 0.914. The Morgan fingerprint density at radius 1 is 1.30 bits per heavy atom. The van der Waals surface area contributed by atoms with Crippen molar-refractivity contribution in [1.29, 1.82) is 0 Å². The molecule has 2 heterocycles. The molecule has 1 amide bonds. The lowest BCUT2D eigenvalue weighted by molar-refractivity contribution is -0.120. The maximum absolute atomic E-state index is 12.4. The maximum Gasteiger partial charge on any atom is 0.250 e. The van der Waals surface area contributed by atoms with E-state index >= 15 is 0 Å². The van der Waals surface area contributed by atoms with Crippen molar-refractivity contribution in [2.45, 2.75) is 38.2 Å². The monoisotopic (exact) mass is 271 g/mol. The summed E-state index contributed by atoms with van der Waals surface area (Å²) >= 11 is 0. The van der Waals surface area contributed by atoms with Gasteiger partial charge in [-0.2, -0.15) is 0 Å². The Bertz CT molecular complexity index is 535. The summed E-state index contributed by atoms with van der Waals surface area (Å²) in [6.45, 7) is 3.50. The first-order valence-electron chi connectivity index (χ1n) is 7.48. The van der Waals surface area contributed by atoms with Gasteiger partial charge in [-0.15, -0.1) is 0 Å².